The van der Waals surface area contributed by atoms with Crippen LogP contribution in [0.15, 0.2) is 24.8 Å². The fraction of sp³-hybridized carbons (Fsp3) is 0.450. The molecule has 4 aromatic heterocycles. The van der Waals surface area contributed by atoms with Crippen molar-refractivity contribution in [3.05, 3.63) is 30.6 Å². The minimum absolute atomic E-state index is 0.222. The lowest BCUT2D eigenvalue weighted by Crippen LogP contribution is -2.52. The van der Waals surface area contributed by atoms with Crippen LogP contribution in [-0.4, -0.2) is 62.2 Å². The molecule has 0 aromatic carbocycles. The van der Waals surface area contributed by atoms with Crippen molar-refractivity contribution in [3.8, 4) is 11.4 Å². The first-order chi connectivity index (χ1) is 14.5. The van der Waals surface area contributed by atoms with Crippen LogP contribution in [0.3, 0.4) is 0 Å². The van der Waals surface area contributed by atoms with E-state index < -0.39 is 5.60 Å². The van der Waals surface area contributed by atoms with Gasteiger partial charge in [-0.15, -0.1) is 0 Å². The molecule has 0 amide bonds. The fourth-order valence-corrected chi connectivity index (χ4v) is 4.24. The Kier molecular flexibility index (Phi) is 3.66. The zero-order valence-electron chi connectivity index (χ0n) is 17.2. The molecule has 10 nitrogen and oxygen atoms in total. The van der Waals surface area contributed by atoms with E-state index in [1.807, 2.05) is 16.8 Å². The van der Waals surface area contributed by atoms with E-state index in [1.54, 1.807) is 19.5 Å². The highest BCUT2D eigenvalue weighted by Gasteiger charge is 2.40. The number of nitrogens with one attached hydrogen (secondary N) is 1. The van der Waals surface area contributed by atoms with Gasteiger partial charge in [0.05, 0.1) is 24.8 Å². The largest absolute Gasteiger partial charge is 0.378 e. The third kappa shape index (κ3) is 2.53. The Hall–Kier alpha value is -3.11. The first-order valence-electron chi connectivity index (χ1n) is 10.1. The standard InChI is InChI=1S/C20H22N8O2/c1-20(2)18-23-14-16(27-10-13(11-27)29-3)24-15(25-17(14)28(18)6-7-30-20)12-8-22-19-21-4-5-26(19)9-12/h4-5,8-9,13H,6-7,10-11H2,1-3H3/p+1. The molecule has 6 heterocycles. The summed E-state index contributed by atoms with van der Waals surface area (Å²) in [6.07, 6.45) is 7.56. The van der Waals surface area contributed by atoms with E-state index in [2.05, 4.69) is 38.3 Å². The van der Waals surface area contributed by atoms with Crippen LogP contribution in [0.5, 0.6) is 0 Å². The van der Waals surface area contributed by atoms with Gasteiger partial charge in [0.2, 0.25) is 22.9 Å². The zero-order chi connectivity index (χ0) is 20.5. The topological polar surface area (TPSA) is 97.3 Å². The van der Waals surface area contributed by atoms with Crippen molar-refractivity contribution in [3.63, 3.8) is 0 Å². The number of imidazole rings is 2. The van der Waals surface area contributed by atoms with E-state index in [-0.39, 0.29) is 6.10 Å². The van der Waals surface area contributed by atoms with Crippen molar-refractivity contribution in [2.75, 3.05) is 31.7 Å². The second-order valence-corrected chi connectivity index (χ2v) is 8.29. The zero-order valence-corrected chi connectivity index (χ0v) is 17.2. The molecule has 0 radical (unpaired) electrons. The van der Waals surface area contributed by atoms with Crippen LogP contribution >= 0.6 is 0 Å². The molecule has 2 aliphatic heterocycles. The lowest BCUT2D eigenvalue weighted by molar-refractivity contribution is -0.702. The molecule has 1 saturated heterocycles. The average Bonchev–Trinajstić information content (AvgIpc) is 3.31. The third-order valence-electron chi connectivity index (χ3n) is 5.97. The van der Waals surface area contributed by atoms with Crippen molar-refractivity contribution in [1.29, 1.82) is 0 Å². The summed E-state index contributed by atoms with van der Waals surface area (Å²) >= 11 is 0. The second-order valence-electron chi connectivity index (χ2n) is 8.29. The quantitative estimate of drug-likeness (QED) is 0.507. The van der Waals surface area contributed by atoms with Gasteiger partial charge in [-0.05, 0) is 13.8 Å². The van der Waals surface area contributed by atoms with Gasteiger partial charge < -0.3 is 14.4 Å². The molecular formula is C20H23N8O2+. The molecule has 0 atom stereocenters. The number of anilines is 1. The molecule has 30 heavy (non-hydrogen) atoms. The lowest BCUT2D eigenvalue weighted by Gasteiger charge is -2.38. The monoisotopic (exact) mass is 407 g/mol. The Morgan fingerprint density at radius 1 is 1.27 bits per heavy atom. The Balaban J connectivity index is 1.57. The second kappa shape index (κ2) is 6.19. The number of nitrogens with zero attached hydrogens (tertiary/aromatic N) is 7. The highest BCUT2D eigenvalue weighted by Crippen LogP contribution is 2.32. The summed E-state index contributed by atoms with van der Waals surface area (Å²) in [5.74, 6) is 3.17. The van der Waals surface area contributed by atoms with E-state index in [1.165, 1.54) is 0 Å². The maximum atomic E-state index is 6.00. The summed E-state index contributed by atoms with van der Waals surface area (Å²) in [7, 11) is 1.75. The number of H-pyrrole nitrogens is 1. The number of ether oxygens (including phenoxy) is 2. The average molecular weight is 407 g/mol. The predicted molar refractivity (Wildman–Crippen MR) is 108 cm³/mol. The highest BCUT2D eigenvalue weighted by molar-refractivity contribution is 5.84. The van der Waals surface area contributed by atoms with Crippen LogP contribution in [0.25, 0.3) is 28.3 Å². The molecule has 0 unspecified atom stereocenters. The van der Waals surface area contributed by atoms with Gasteiger partial charge in [0.15, 0.2) is 5.82 Å². The minimum atomic E-state index is -0.419. The van der Waals surface area contributed by atoms with Crippen LogP contribution in [0.1, 0.15) is 19.7 Å². The molecule has 0 bridgehead atoms. The number of hydrogen-bond donors (Lipinski definition) is 1. The van der Waals surface area contributed by atoms with Crippen LogP contribution < -0.4 is 9.47 Å². The molecule has 1 N–H and O–H groups in total. The van der Waals surface area contributed by atoms with Gasteiger partial charge in [0, 0.05) is 45.0 Å². The van der Waals surface area contributed by atoms with Crippen molar-refractivity contribution in [2.45, 2.75) is 32.1 Å². The smallest absolute Gasteiger partial charge is 0.308 e. The molecule has 2 aliphatic rings. The van der Waals surface area contributed by atoms with E-state index in [0.717, 1.165) is 48.0 Å². The summed E-state index contributed by atoms with van der Waals surface area (Å²) in [5, 5.41) is 0. The van der Waals surface area contributed by atoms with Gasteiger partial charge in [-0.1, -0.05) is 4.98 Å². The molecule has 4 aromatic rings. The number of aromatic nitrogens is 7. The van der Waals surface area contributed by atoms with Crippen LogP contribution in [0.2, 0.25) is 0 Å². The van der Waals surface area contributed by atoms with Gasteiger partial charge >= 0.3 is 5.65 Å². The highest BCUT2D eigenvalue weighted by atomic mass is 16.5. The summed E-state index contributed by atoms with van der Waals surface area (Å²) in [6, 6.07) is 0. The maximum Gasteiger partial charge on any atom is 0.308 e. The SMILES string of the molecule is COC1CN(c2nc(-c3cnc4nccn4c3)nc3c2[nH]c2[n+]3CCOC2(C)C)C1. The molecule has 1 fully saturated rings. The number of aromatic amines is 1. The first kappa shape index (κ1) is 17.7. The summed E-state index contributed by atoms with van der Waals surface area (Å²) < 4.78 is 15.6. The summed E-state index contributed by atoms with van der Waals surface area (Å²) in [4.78, 5) is 24.3. The summed E-state index contributed by atoms with van der Waals surface area (Å²) in [5.41, 5.74) is 2.23. The number of rotatable bonds is 3. The van der Waals surface area contributed by atoms with Crippen LogP contribution in [-0.2, 0) is 21.6 Å². The molecular weight excluding hydrogens is 384 g/mol. The number of methoxy groups -OCH3 is 1. The maximum absolute atomic E-state index is 6.00. The molecule has 0 aliphatic carbocycles. The lowest BCUT2D eigenvalue weighted by atomic mass is 10.1. The van der Waals surface area contributed by atoms with Crippen molar-refractivity contribution in [1.82, 2.24) is 29.3 Å². The number of fused-ring (bicyclic) bond motifs is 4. The van der Waals surface area contributed by atoms with Crippen molar-refractivity contribution >= 4 is 22.8 Å². The Morgan fingerprint density at radius 2 is 2.13 bits per heavy atom. The molecule has 10 heteroatoms. The van der Waals surface area contributed by atoms with E-state index in [9.17, 15) is 0 Å². The minimum Gasteiger partial charge on any atom is -0.378 e. The summed E-state index contributed by atoms with van der Waals surface area (Å²) in [6.45, 7) is 7.13. The first-order valence-corrected chi connectivity index (χ1v) is 10.1. The van der Waals surface area contributed by atoms with E-state index >= 15 is 0 Å². The van der Waals surface area contributed by atoms with Gasteiger partial charge in [0.25, 0.3) is 0 Å². The van der Waals surface area contributed by atoms with Gasteiger partial charge in [-0.25, -0.2) is 14.5 Å². The number of hydrogen-bond acceptors (Lipinski definition) is 7. The fourth-order valence-electron chi connectivity index (χ4n) is 4.24. The normalized spacial score (nSPS) is 18.7. The van der Waals surface area contributed by atoms with Gasteiger partial charge in [0.1, 0.15) is 5.60 Å². The van der Waals surface area contributed by atoms with Crippen LogP contribution in [0, 0.1) is 0 Å². The Morgan fingerprint density at radius 3 is 2.97 bits per heavy atom. The van der Waals surface area contributed by atoms with Crippen molar-refractivity contribution in [2.24, 2.45) is 0 Å². The Bertz CT molecular complexity index is 1270. The molecule has 154 valence electrons. The van der Waals surface area contributed by atoms with Gasteiger partial charge in [-0.2, -0.15) is 4.98 Å². The molecule has 6 rings (SSSR count). The van der Waals surface area contributed by atoms with Crippen LogP contribution in [0.4, 0.5) is 5.82 Å². The molecule has 0 spiro atoms. The van der Waals surface area contributed by atoms with Gasteiger partial charge in [-0.3, -0.25) is 9.38 Å². The van der Waals surface area contributed by atoms with E-state index in [4.69, 9.17) is 19.4 Å². The van der Waals surface area contributed by atoms with E-state index in [0.29, 0.717) is 18.2 Å². The third-order valence-corrected chi connectivity index (χ3v) is 5.97. The Labute approximate surface area is 172 Å². The van der Waals surface area contributed by atoms with Crippen molar-refractivity contribution < 1.29 is 14.0 Å². The predicted octanol–water partition coefficient (Wildman–Crippen LogP) is 1.06. The molecule has 0 saturated carbocycles.